The van der Waals surface area contributed by atoms with Gasteiger partial charge in [-0.15, -0.1) is 0 Å². The normalized spacial score (nSPS) is 12.0. The number of anilines is 1. The molecule has 0 saturated heterocycles. The first-order valence-electron chi connectivity index (χ1n) is 7.44. The fourth-order valence-electron chi connectivity index (χ4n) is 2.27. The Morgan fingerprint density at radius 2 is 2.17 bits per heavy atom. The van der Waals surface area contributed by atoms with E-state index in [9.17, 15) is 5.11 Å². The highest BCUT2D eigenvalue weighted by molar-refractivity contribution is 5.87. The van der Waals surface area contributed by atoms with Crippen molar-refractivity contribution in [2.75, 3.05) is 18.9 Å². The van der Waals surface area contributed by atoms with E-state index in [2.05, 4.69) is 29.9 Å². The number of nitrogens with two attached hydrogens (primary N) is 2. The van der Waals surface area contributed by atoms with Gasteiger partial charge in [-0.3, -0.25) is 4.98 Å². The van der Waals surface area contributed by atoms with Crippen LogP contribution in [0, 0.1) is 0 Å². The Balaban J connectivity index is 2.14. The van der Waals surface area contributed by atoms with Crippen LogP contribution in [0.3, 0.4) is 0 Å². The van der Waals surface area contributed by atoms with Gasteiger partial charge in [-0.2, -0.15) is 0 Å². The molecule has 128 valence electrons. The van der Waals surface area contributed by atoms with Gasteiger partial charge in [0, 0.05) is 0 Å². The quantitative estimate of drug-likeness (QED) is 0.471. The summed E-state index contributed by atoms with van der Waals surface area (Å²) in [4.78, 5) is 11.8. The molecule has 10 nitrogen and oxygen atoms in total. The first-order chi connectivity index (χ1) is 11.4. The molecule has 0 spiro atoms. The van der Waals surface area contributed by atoms with Crippen LogP contribution in [-0.4, -0.2) is 43.5 Å². The number of aromatic nitrogens is 5. The van der Waals surface area contributed by atoms with Gasteiger partial charge in [-0.25, -0.2) is 9.61 Å². The van der Waals surface area contributed by atoms with Crippen LogP contribution in [0.5, 0.6) is 5.75 Å². The molecule has 0 amide bonds. The van der Waals surface area contributed by atoms with E-state index in [1.165, 1.54) is 0 Å². The second kappa shape index (κ2) is 6.06. The predicted octanol–water partition coefficient (Wildman–Crippen LogP) is 0.545. The minimum Gasteiger partial charge on any atom is -0.490 e. The lowest BCUT2D eigenvalue weighted by Crippen LogP contribution is -2.18. The summed E-state index contributed by atoms with van der Waals surface area (Å²) in [6, 6.07) is 0. The van der Waals surface area contributed by atoms with Gasteiger partial charge in [-0.1, -0.05) is 0 Å². The van der Waals surface area contributed by atoms with Crippen molar-refractivity contribution in [1.29, 1.82) is 0 Å². The van der Waals surface area contributed by atoms with Crippen LogP contribution < -0.4 is 16.2 Å². The molecule has 3 aromatic rings. The third-order valence-electron chi connectivity index (χ3n) is 3.41. The maximum Gasteiger partial charge on any atom is 0.199 e. The Bertz CT molecular complexity index is 850. The number of nitrogens with one attached hydrogen (secondary N) is 1. The van der Waals surface area contributed by atoms with Crippen molar-refractivity contribution >= 4 is 16.9 Å². The third kappa shape index (κ3) is 2.88. The van der Waals surface area contributed by atoms with E-state index in [-0.39, 0.29) is 11.5 Å². The Labute approximate surface area is 137 Å². The van der Waals surface area contributed by atoms with E-state index in [0.717, 1.165) is 0 Å². The zero-order chi connectivity index (χ0) is 17.3. The van der Waals surface area contributed by atoms with Gasteiger partial charge in [-0.05, 0) is 37.1 Å². The maximum absolute atomic E-state index is 10.3. The van der Waals surface area contributed by atoms with Crippen LogP contribution in [-0.2, 0) is 5.60 Å². The summed E-state index contributed by atoms with van der Waals surface area (Å²) in [5.74, 6) is 0.962. The third-order valence-corrected chi connectivity index (χ3v) is 3.41. The summed E-state index contributed by atoms with van der Waals surface area (Å²) in [7, 11) is 0. The predicted molar refractivity (Wildman–Crippen MR) is 86.0 cm³/mol. The molecule has 24 heavy (non-hydrogen) atoms. The number of ether oxygens (including phenoxy) is 1. The van der Waals surface area contributed by atoms with Crippen molar-refractivity contribution in [3.05, 3.63) is 11.9 Å². The van der Waals surface area contributed by atoms with E-state index >= 15 is 0 Å². The van der Waals surface area contributed by atoms with Gasteiger partial charge in [0.1, 0.15) is 16.6 Å². The number of pyridine rings is 1. The molecule has 10 heteroatoms. The number of rotatable bonds is 6. The van der Waals surface area contributed by atoms with Gasteiger partial charge in [0.25, 0.3) is 0 Å². The van der Waals surface area contributed by atoms with Crippen molar-refractivity contribution in [1.82, 2.24) is 25.3 Å². The van der Waals surface area contributed by atoms with Gasteiger partial charge in [0.15, 0.2) is 23.1 Å². The minimum atomic E-state index is -1.19. The number of nitrogen functional groups attached to an aromatic ring is 1. The molecule has 3 heterocycles. The highest BCUT2D eigenvalue weighted by Gasteiger charge is 2.26. The van der Waals surface area contributed by atoms with Gasteiger partial charge in [0.05, 0.1) is 18.5 Å². The lowest BCUT2D eigenvalue weighted by Gasteiger charge is -2.17. The van der Waals surface area contributed by atoms with Crippen LogP contribution in [0.25, 0.3) is 22.6 Å². The number of H-pyrrole nitrogens is 1. The number of hydrogen-bond acceptors (Lipinski definition) is 9. The van der Waals surface area contributed by atoms with Crippen molar-refractivity contribution in [2.24, 2.45) is 5.73 Å². The van der Waals surface area contributed by atoms with Crippen molar-refractivity contribution < 1.29 is 14.5 Å². The average Bonchev–Trinajstić information content (AvgIpc) is 3.12. The topological polar surface area (TPSA) is 162 Å². The highest BCUT2D eigenvalue weighted by atomic mass is 16.6. The smallest absolute Gasteiger partial charge is 0.199 e. The Hall–Kier alpha value is -2.72. The summed E-state index contributed by atoms with van der Waals surface area (Å²) >= 11 is 0. The van der Waals surface area contributed by atoms with Crippen LogP contribution in [0.2, 0.25) is 0 Å². The summed E-state index contributed by atoms with van der Waals surface area (Å²) in [6.07, 6.45) is 2.24. The zero-order valence-corrected chi connectivity index (χ0v) is 13.4. The van der Waals surface area contributed by atoms with E-state index in [1.807, 2.05) is 0 Å². The first kappa shape index (κ1) is 16.1. The van der Waals surface area contributed by atoms with E-state index in [4.69, 9.17) is 16.2 Å². The molecule has 6 N–H and O–H groups in total. The van der Waals surface area contributed by atoms with Gasteiger partial charge in [0.2, 0.25) is 0 Å². The maximum atomic E-state index is 10.3. The molecule has 0 aromatic carbocycles. The molecule has 0 atom stereocenters. The number of fused-ring (bicyclic) bond motifs is 1. The van der Waals surface area contributed by atoms with Gasteiger partial charge >= 0.3 is 0 Å². The van der Waals surface area contributed by atoms with Crippen molar-refractivity contribution in [2.45, 2.75) is 25.9 Å². The summed E-state index contributed by atoms with van der Waals surface area (Å²) in [5, 5.41) is 17.6. The Morgan fingerprint density at radius 1 is 1.38 bits per heavy atom. The zero-order valence-electron chi connectivity index (χ0n) is 13.4. The number of aromatic amines is 1. The van der Waals surface area contributed by atoms with Crippen LogP contribution >= 0.6 is 0 Å². The number of aliphatic hydroxyl groups is 1. The molecule has 0 unspecified atom stereocenters. The summed E-state index contributed by atoms with van der Waals surface area (Å²) in [6.45, 7) is 4.22. The number of imidazole rings is 1. The molecular formula is C14H19N7O3. The molecule has 0 radical (unpaired) electrons. The highest BCUT2D eigenvalue weighted by Crippen LogP contribution is 2.33. The minimum absolute atomic E-state index is 0.109. The van der Waals surface area contributed by atoms with E-state index < -0.39 is 5.60 Å². The fraction of sp³-hybridized carbons (Fsp3) is 0.429. The van der Waals surface area contributed by atoms with Crippen molar-refractivity contribution in [3.8, 4) is 17.3 Å². The molecule has 0 bridgehead atoms. The number of hydrogen-bond donors (Lipinski definition) is 4. The van der Waals surface area contributed by atoms with E-state index in [1.54, 1.807) is 20.0 Å². The lowest BCUT2D eigenvalue weighted by molar-refractivity contribution is 0.0753. The van der Waals surface area contributed by atoms with Crippen LogP contribution in [0.1, 0.15) is 26.0 Å². The summed E-state index contributed by atoms with van der Waals surface area (Å²) < 4.78 is 10.3. The largest absolute Gasteiger partial charge is 0.490 e. The molecule has 0 saturated carbocycles. The fourth-order valence-corrected chi connectivity index (χ4v) is 2.27. The molecule has 0 aliphatic heterocycles. The molecule has 3 aromatic heterocycles. The summed E-state index contributed by atoms with van der Waals surface area (Å²) in [5.41, 5.74) is 11.7. The molecular weight excluding hydrogens is 314 g/mol. The first-order valence-corrected chi connectivity index (χ1v) is 7.44. The second-order valence-corrected chi connectivity index (χ2v) is 5.83. The second-order valence-electron chi connectivity index (χ2n) is 5.83. The lowest BCUT2D eigenvalue weighted by atomic mass is 10.0. The van der Waals surface area contributed by atoms with Crippen molar-refractivity contribution in [3.63, 3.8) is 0 Å². The SMILES string of the molecule is CC(C)(O)c1ncc(OCCCN)c2[nH]c(-c3nonc3N)nc12. The van der Waals surface area contributed by atoms with E-state index in [0.29, 0.717) is 47.9 Å². The molecule has 0 fully saturated rings. The molecule has 3 rings (SSSR count). The average molecular weight is 333 g/mol. The Morgan fingerprint density at radius 3 is 2.79 bits per heavy atom. The van der Waals surface area contributed by atoms with Gasteiger partial charge < -0.3 is 26.3 Å². The standard InChI is InChI=1S/C14H19N7O3/c1-14(2,22)11-9-8(7(6-17-11)23-5-3-4-15)18-13(19-9)10-12(16)21-24-20-10/h6,22H,3-5,15H2,1-2H3,(H2,16,21)(H,18,19). The van der Waals surface area contributed by atoms with Crippen LogP contribution in [0.4, 0.5) is 5.82 Å². The monoisotopic (exact) mass is 333 g/mol. The number of nitrogens with zero attached hydrogens (tertiary/aromatic N) is 4. The molecule has 0 aliphatic carbocycles. The van der Waals surface area contributed by atoms with Crippen LogP contribution in [0.15, 0.2) is 10.8 Å². The Kier molecular flexibility index (Phi) is 4.08. The molecule has 0 aliphatic rings.